The molecule has 3 aromatic heterocycles. The molecule has 0 aliphatic carbocycles. The van der Waals surface area contributed by atoms with Gasteiger partial charge >= 0.3 is 0 Å². The maximum Gasteiger partial charge on any atom is 0.156 e. The van der Waals surface area contributed by atoms with E-state index in [1.165, 1.54) is 10.4 Å². The first-order chi connectivity index (χ1) is 7.74. The average molecular weight is 267 g/mol. The van der Waals surface area contributed by atoms with Gasteiger partial charge in [-0.25, -0.2) is 9.97 Å². The average Bonchev–Trinajstić information content (AvgIpc) is 2.84. The molecule has 80 valence electrons. The van der Waals surface area contributed by atoms with Crippen molar-refractivity contribution in [3.63, 3.8) is 0 Å². The Morgan fingerprint density at radius 2 is 2.25 bits per heavy atom. The molecule has 0 saturated carbocycles. The predicted molar refractivity (Wildman–Crippen MR) is 70.5 cm³/mol. The van der Waals surface area contributed by atoms with Gasteiger partial charge in [-0.1, -0.05) is 11.6 Å². The molecule has 3 heterocycles. The van der Waals surface area contributed by atoms with E-state index in [9.17, 15) is 0 Å². The summed E-state index contributed by atoms with van der Waals surface area (Å²) in [7, 11) is 0. The van der Waals surface area contributed by atoms with E-state index in [0.717, 1.165) is 15.2 Å². The van der Waals surface area contributed by atoms with E-state index in [2.05, 4.69) is 28.3 Å². The molecule has 0 N–H and O–H groups in total. The zero-order valence-corrected chi connectivity index (χ0v) is 10.8. The van der Waals surface area contributed by atoms with Crippen LogP contribution < -0.4 is 0 Å². The second kappa shape index (κ2) is 3.80. The van der Waals surface area contributed by atoms with Crippen molar-refractivity contribution in [2.75, 3.05) is 0 Å². The summed E-state index contributed by atoms with van der Waals surface area (Å²) in [6.07, 6.45) is 1.71. The van der Waals surface area contributed by atoms with Crippen LogP contribution in [0, 0.1) is 6.92 Å². The van der Waals surface area contributed by atoms with E-state index < -0.39 is 0 Å². The summed E-state index contributed by atoms with van der Waals surface area (Å²) in [5, 5.41) is 3.62. The minimum Gasteiger partial charge on any atom is -0.242 e. The molecule has 0 amide bonds. The molecular weight excluding hydrogens is 260 g/mol. The Morgan fingerprint density at radius 1 is 1.38 bits per heavy atom. The summed E-state index contributed by atoms with van der Waals surface area (Å²) < 4.78 is 1.08. The molecule has 2 nitrogen and oxygen atoms in total. The third kappa shape index (κ3) is 1.63. The van der Waals surface area contributed by atoms with Gasteiger partial charge in [0, 0.05) is 6.20 Å². The number of rotatable bonds is 1. The zero-order valence-electron chi connectivity index (χ0n) is 8.40. The molecule has 0 unspecified atom stereocenters. The van der Waals surface area contributed by atoms with Crippen molar-refractivity contribution in [3.05, 3.63) is 34.4 Å². The maximum absolute atomic E-state index is 6.00. The van der Waals surface area contributed by atoms with Crippen LogP contribution in [0.2, 0.25) is 5.15 Å². The molecule has 5 heteroatoms. The fraction of sp³-hybridized carbons (Fsp3) is 0.0909. The highest BCUT2D eigenvalue weighted by molar-refractivity contribution is 7.25. The topological polar surface area (TPSA) is 25.8 Å². The highest BCUT2D eigenvalue weighted by atomic mass is 35.5. The van der Waals surface area contributed by atoms with Crippen molar-refractivity contribution in [2.24, 2.45) is 0 Å². The Bertz CT molecular complexity index is 657. The molecule has 0 aliphatic rings. The number of aryl methyl sites for hydroxylation is 1. The molecule has 3 rings (SSSR count). The zero-order chi connectivity index (χ0) is 11.1. The van der Waals surface area contributed by atoms with Gasteiger partial charge in [-0.15, -0.1) is 22.7 Å². The second-order valence-electron chi connectivity index (χ2n) is 3.46. The van der Waals surface area contributed by atoms with Gasteiger partial charge in [-0.05, 0) is 30.0 Å². The highest BCUT2D eigenvalue weighted by Crippen LogP contribution is 2.35. The Hall–Kier alpha value is -0.970. The van der Waals surface area contributed by atoms with Gasteiger partial charge in [0.05, 0.1) is 9.58 Å². The van der Waals surface area contributed by atoms with E-state index >= 15 is 0 Å². The van der Waals surface area contributed by atoms with Crippen LogP contribution in [0.5, 0.6) is 0 Å². The molecule has 0 spiro atoms. The van der Waals surface area contributed by atoms with Crippen molar-refractivity contribution >= 4 is 44.5 Å². The summed E-state index contributed by atoms with van der Waals surface area (Å²) in [6, 6.07) is 4.09. The highest BCUT2D eigenvalue weighted by Gasteiger charge is 2.10. The summed E-state index contributed by atoms with van der Waals surface area (Å²) in [4.78, 5) is 9.75. The van der Waals surface area contributed by atoms with Crippen LogP contribution in [0.3, 0.4) is 0 Å². The Kier molecular flexibility index (Phi) is 2.42. The minimum atomic E-state index is 0.480. The van der Waals surface area contributed by atoms with Gasteiger partial charge in [0.25, 0.3) is 0 Å². The smallest absolute Gasteiger partial charge is 0.156 e. The lowest BCUT2D eigenvalue weighted by Crippen LogP contribution is -1.75. The number of halogens is 1. The normalized spacial score (nSPS) is 11.1. The molecule has 0 saturated heterocycles. The van der Waals surface area contributed by atoms with Crippen LogP contribution in [-0.4, -0.2) is 9.97 Å². The lowest BCUT2D eigenvalue weighted by atomic mass is 10.3. The first kappa shape index (κ1) is 10.2. The number of nitrogens with zero attached hydrogens (tertiary/aromatic N) is 2. The fourth-order valence-corrected chi connectivity index (χ4v) is 3.65. The molecule has 0 radical (unpaired) electrons. The second-order valence-corrected chi connectivity index (χ2v) is 5.76. The number of fused-ring (bicyclic) bond motifs is 1. The first-order valence-corrected chi connectivity index (χ1v) is 6.78. The standard InChI is InChI=1S/C11H7ClN2S2/c1-6-4-8(15-5-6)11-14-9-7(16-11)2-3-13-10(9)12/h2-5H,1H3. The quantitative estimate of drug-likeness (QED) is 0.611. The van der Waals surface area contributed by atoms with Gasteiger partial charge in [0.15, 0.2) is 5.15 Å². The lowest BCUT2D eigenvalue weighted by Gasteiger charge is -1.87. The summed E-state index contributed by atoms with van der Waals surface area (Å²) in [6.45, 7) is 2.09. The lowest BCUT2D eigenvalue weighted by molar-refractivity contribution is 1.34. The number of thiophene rings is 1. The van der Waals surface area contributed by atoms with Crippen LogP contribution >= 0.6 is 34.3 Å². The fourth-order valence-electron chi connectivity index (χ4n) is 1.47. The van der Waals surface area contributed by atoms with Gasteiger partial charge < -0.3 is 0 Å². The number of aromatic nitrogens is 2. The molecule has 0 atom stereocenters. The Balaban J connectivity index is 2.22. The minimum absolute atomic E-state index is 0.480. The van der Waals surface area contributed by atoms with Crippen LogP contribution in [0.4, 0.5) is 0 Å². The van der Waals surface area contributed by atoms with Crippen molar-refractivity contribution in [1.29, 1.82) is 0 Å². The largest absolute Gasteiger partial charge is 0.242 e. The van der Waals surface area contributed by atoms with E-state index in [4.69, 9.17) is 11.6 Å². The predicted octanol–water partition coefficient (Wildman–Crippen LogP) is 4.38. The van der Waals surface area contributed by atoms with E-state index in [0.29, 0.717) is 5.15 Å². The summed E-state index contributed by atoms with van der Waals surface area (Å²) in [5.74, 6) is 0. The molecule has 0 aromatic carbocycles. The molecule has 0 fully saturated rings. The third-order valence-corrected chi connectivity index (χ3v) is 4.72. The molecule has 16 heavy (non-hydrogen) atoms. The molecule has 0 aliphatic heterocycles. The van der Waals surface area contributed by atoms with Crippen LogP contribution in [0.15, 0.2) is 23.7 Å². The van der Waals surface area contributed by atoms with Gasteiger partial charge in [0.1, 0.15) is 10.5 Å². The maximum atomic E-state index is 6.00. The van der Waals surface area contributed by atoms with Crippen molar-refractivity contribution in [1.82, 2.24) is 9.97 Å². The number of pyridine rings is 1. The van der Waals surface area contributed by atoms with Gasteiger partial charge in [-0.3, -0.25) is 0 Å². The van der Waals surface area contributed by atoms with Gasteiger partial charge in [0.2, 0.25) is 0 Å². The van der Waals surface area contributed by atoms with Gasteiger partial charge in [-0.2, -0.15) is 0 Å². The van der Waals surface area contributed by atoms with Crippen molar-refractivity contribution < 1.29 is 0 Å². The van der Waals surface area contributed by atoms with Crippen molar-refractivity contribution in [2.45, 2.75) is 6.92 Å². The molecular formula is C11H7ClN2S2. The van der Waals surface area contributed by atoms with E-state index in [1.54, 1.807) is 28.9 Å². The Morgan fingerprint density at radius 3 is 2.94 bits per heavy atom. The number of thiazole rings is 1. The van der Waals surface area contributed by atoms with Crippen LogP contribution in [0.1, 0.15) is 5.56 Å². The third-order valence-electron chi connectivity index (χ3n) is 2.20. The monoisotopic (exact) mass is 266 g/mol. The first-order valence-electron chi connectivity index (χ1n) is 4.70. The SMILES string of the molecule is Cc1csc(-c2nc3c(Cl)nccc3s2)c1. The molecule has 0 bridgehead atoms. The number of hydrogen-bond donors (Lipinski definition) is 0. The summed E-state index contributed by atoms with van der Waals surface area (Å²) >= 11 is 9.36. The van der Waals surface area contributed by atoms with Crippen LogP contribution in [0.25, 0.3) is 20.1 Å². The van der Waals surface area contributed by atoms with Crippen LogP contribution in [-0.2, 0) is 0 Å². The van der Waals surface area contributed by atoms with E-state index in [1.807, 2.05) is 6.07 Å². The molecule has 3 aromatic rings. The summed E-state index contributed by atoms with van der Waals surface area (Å²) in [5.41, 5.74) is 2.07. The van der Waals surface area contributed by atoms with Crippen molar-refractivity contribution in [3.8, 4) is 9.88 Å². The Labute approximate surface area is 106 Å². The number of hydrogen-bond acceptors (Lipinski definition) is 4. The van der Waals surface area contributed by atoms with E-state index in [-0.39, 0.29) is 0 Å².